The van der Waals surface area contributed by atoms with E-state index in [2.05, 4.69) is 150 Å². The SMILES string of the molecule is C.C#CC#CC#CC#CC#CC#CC#CC#CC#CC#CC#CC#CC.CCCCC(C=O)(CCCC)CSc1ccc(F)cc1Cc1cccc(OC)c1.OOF.S.[HH].[HH].[HH].[HH].[HH].[HH].[HH].[HH].[HH].[HH].[HH].[HH].[HH].[HH]. The van der Waals surface area contributed by atoms with E-state index in [1.54, 1.807) is 37.0 Å². The van der Waals surface area contributed by atoms with Crippen molar-refractivity contribution in [2.45, 2.75) is 78.0 Å². The van der Waals surface area contributed by atoms with E-state index in [1.807, 2.05) is 30.3 Å². The van der Waals surface area contributed by atoms with Crippen molar-refractivity contribution in [2.24, 2.45) is 5.41 Å². The number of carbonyl (C=O) groups is 1. The number of halogens is 2. The van der Waals surface area contributed by atoms with E-state index >= 15 is 0 Å². The van der Waals surface area contributed by atoms with Gasteiger partial charge in [0.05, 0.1) is 7.11 Å². The summed E-state index contributed by atoms with van der Waals surface area (Å²) in [6.45, 7) is 6.02. The first kappa shape index (κ1) is 56.4. The Labute approximate surface area is 383 Å². The molecule has 8 heteroatoms. The third-order valence-electron chi connectivity index (χ3n) is 6.82. The van der Waals surface area contributed by atoms with E-state index in [0.29, 0.717) is 6.42 Å². The van der Waals surface area contributed by atoms with Gasteiger partial charge in [-0.1, -0.05) is 65.0 Å². The molecule has 326 valence electrons. The van der Waals surface area contributed by atoms with E-state index in [9.17, 15) is 13.7 Å². The average molecular weight is 851 g/mol. The molecule has 59 heavy (non-hydrogen) atoms. The summed E-state index contributed by atoms with van der Waals surface area (Å²) in [5, 5.41) is 8.15. The Hall–Kier alpha value is -6.89. The Balaban J connectivity index is -0.0000000452. The Bertz CT molecular complexity index is 2430. The molecule has 0 aliphatic heterocycles. The highest BCUT2D eigenvalue weighted by molar-refractivity contribution is 7.99. The average Bonchev–Trinajstić information content (AvgIpc) is 3.22. The minimum atomic E-state index is -0.293. The lowest BCUT2D eigenvalue weighted by Gasteiger charge is -2.28. The van der Waals surface area contributed by atoms with Crippen LogP contribution in [0.4, 0.5) is 8.92 Å². The van der Waals surface area contributed by atoms with Crippen LogP contribution in [0.1, 0.15) is 97.8 Å². The van der Waals surface area contributed by atoms with Crippen LogP contribution in [0.3, 0.4) is 0 Å². The van der Waals surface area contributed by atoms with Gasteiger partial charge in [-0.05, 0) is 172 Å². The number of hydrogen-bond acceptors (Lipinski definition) is 5. The smallest absolute Gasteiger partial charge is 0.126 e. The van der Waals surface area contributed by atoms with Gasteiger partial charge in [0, 0.05) is 71.6 Å². The standard InChI is InChI=1S/C25H33FO2S.C25H4.CH4.FHO2.H2S.14H2/c1-4-6-13-25(18-27,14-7-5-2)19-29-24-12-11-22(26)17-21(24)15-20-9-8-10-23(16-20)28-3;1-3-5-7-9-11-13-15-17-19-21-23-25-24-22-20-18-16-14-12-10-8-6-4-2;;1-3-2;;;;;;;;;;;;;;;/h8-12,16-18H,4-7,13-15,19H2,1-3H3;1H,2H3;1H4;2H;1H2;14*1H. The molecule has 0 bridgehead atoms. The number of methoxy groups -OCH3 is 1. The van der Waals surface area contributed by atoms with E-state index in [0.717, 1.165) is 66.0 Å². The van der Waals surface area contributed by atoms with Crippen molar-refractivity contribution in [3.63, 3.8) is 0 Å². The van der Waals surface area contributed by atoms with Gasteiger partial charge in [-0.2, -0.15) is 13.5 Å². The number of unbranched alkanes of at least 4 members (excludes halogenated alkanes) is 2. The van der Waals surface area contributed by atoms with Crippen molar-refractivity contribution < 1.29 is 48.8 Å². The van der Waals surface area contributed by atoms with Crippen LogP contribution in [0.5, 0.6) is 5.75 Å². The Morgan fingerprint density at radius 1 is 0.763 bits per heavy atom. The molecule has 0 amide bonds. The maximum absolute atomic E-state index is 14.0. The van der Waals surface area contributed by atoms with Gasteiger partial charge in [0.2, 0.25) is 0 Å². The lowest BCUT2D eigenvalue weighted by atomic mass is 9.81. The van der Waals surface area contributed by atoms with Crippen LogP contribution < -0.4 is 4.74 Å². The highest BCUT2D eigenvalue weighted by atomic mass is 32.2. The fourth-order valence-electron chi connectivity index (χ4n) is 4.22. The first-order valence-corrected chi connectivity index (χ1v) is 18.2. The quantitative estimate of drug-likeness (QED) is 0.0715. The number of ether oxygens (including phenoxy) is 1. The minimum Gasteiger partial charge on any atom is -0.497 e. The van der Waals surface area contributed by atoms with Gasteiger partial charge in [-0.3, -0.25) is 0 Å². The van der Waals surface area contributed by atoms with Gasteiger partial charge in [0.1, 0.15) is 17.9 Å². The van der Waals surface area contributed by atoms with Crippen LogP contribution in [-0.2, 0) is 16.3 Å². The molecule has 0 heterocycles. The van der Waals surface area contributed by atoms with Gasteiger partial charge in [-0.25, -0.2) is 9.65 Å². The second-order valence-corrected chi connectivity index (χ2v) is 11.9. The molecule has 0 aromatic heterocycles. The molecule has 0 fully saturated rings. The second kappa shape index (κ2) is 40.8. The lowest BCUT2D eigenvalue weighted by Crippen LogP contribution is -2.26. The Morgan fingerprint density at radius 2 is 1.20 bits per heavy atom. The summed E-state index contributed by atoms with van der Waals surface area (Å²) in [6.07, 6.45) is 12.9. The molecule has 0 aliphatic carbocycles. The zero-order chi connectivity index (χ0) is 42.1. The van der Waals surface area contributed by atoms with Crippen LogP contribution in [0.15, 0.2) is 47.4 Å². The van der Waals surface area contributed by atoms with Crippen molar-refractivity contribution in [3.05, 3.63) is 59.4 Å². The predicted molar refractivity (Wildman–Crippen MR) is 272 cm³/mol. The maximum Gasteiger partial charge on any atom is 0.126 e. The third kappa shape index (κ3) is 30.9. The summed E-state index contributed by atoms with van der Waals surface area (Å²) in [5.74, 6) is 58.2. The molecule has 2 aromatic carbocycles. The van der Waals surface area contributed by atoms with E-state index in [-0.39, 0.29) is 52.1 Å². The largest absolute Gasteiger partial charge is 0.497 e. The number of terminal acetylenes is 1. The summed E-state index contributed by atoms with van der Waals surface area (Å²) in [6, 6.07) is 12.8. The van der Waals surface area contributed by atoms with Crippen LogP contribution in [0.2, 0.25) is 0 Å². The zero-order valence-corrected chi connectivity index (χ0v) is 34.5. The molecule has 0 saturated heterocycles. The predicted octanol–water partition coefficient (Wildman–Crippen LogP) is 12.3. The topological polar surface area (TPSA) is 55.8 Å². The van der Waals surface area contributed by atoms with Gasteiger partial charge >= 0.3 is 0 Å². The zero-order valence-electron chi connectivity index (χ0n) is 32.7. The number of thioether (sulfide) groups is 1. The molecule has 0 spiro atoms. The van der Waals surface area contributed by atoms with Crippen molar-refractivity contribution in [1.82, 2.24) is 0 Å². The number of hydrogen-bond donors (Lipinski definition) is 1. The van der Waals surface area contributed by atoms with E-state index < -0.39 is 0 Å². The molecular weight excluding hydrogens is 779 g/mol. The highest BCUT2D eigenvalue weighted by Crippen LogP contribution is 2.37. The van der Waals surface area contributed by atoms with Gasteiger partial charge in [-0.15, -0.1) is 18.2 Å². The first-order chi connectivity index (χ1) is 27.9. The molecule has 2 rings (SSSR count). The van der Waals surface area contributed by atoms with Crippen molar-refractivity contribution in [3.8, 4) is 148 Å². The number of rotatable bonds is 13. The molecule has 0 aliphatic rings. The molecular formula is C51H72F2O4S2. The monoisotopic (exact) mass is 850 g/mol. The number of benzene rings is 2. The van der Waals surface area contributed by atoms with Gasteiger partial charge < -0.3 is 9.53 Å². The highest BCUT2D eigenvalue weighted by Gasteiger charge is 2.29. The summed E-state index contributed by atoms with van der Waals surface area (Å²) < 4.78 is 28.6. The fourth-order valence-corrected chi connectivity index (χ4v) is 5.50. The number of aldehydes is 1. The van der Waals surface area contributed by atoms with Gasteiger partial charge in [0.25, 0.3) is 0 Å². The van der Waals surface area contributed by atoms with E-state index in [4.69, 9.17) is 16.4 Å². The first-order valence-electron chi connectivity index (χ1n) is 17.2. The molecule has 0 saturated carbocycles. The summed E-state index contributed by atoms with van der Waals surface area (Å²) in [4.78, 5) is 13.1. The molecule has 0 radical (unpaired) electrons. The maximum atomic E-state index is 14.0. The Morgan fingerprint density at radius 3 is 1.59 bits per heavy atom. The summed E-state index contributed by atoms with van der Waals surface area (Å²) in [5.41, 5.74) is 1.74. The molecule has 4 nitrogen and oxygen atoms in total. The van der Waals surface area contributed by atoms with Crippen LogP contribution in [0, 0.1) is 154 Å². The summed E-state index contributed by atoms with van der Waals surface area (Å²) in [7, 11) is 1.65. The van der Waals surface area contributed by atoms with Crippen LogP contribution in [0.25, 0.3) is 0 Å². The van der Waals surface area contributed by atoms with Crippen molar-refractivity contribution in [2.75, 3.05) is 12.9 Å². The van der Waals surface area contributed by atoms with Crippen LogP contribution in [-0.4, -0.2) is 24.4 Å². The minimum absolute atomic E-state index is 0. The van der Waals surface area contributed by atoms with Crippen molar-refractivity contribution >= 4 is 31.5 Å². The second-order valence-electron chi connectivity index (χ2n) is 10.8. The summed E-state index contributed by atoms with van der Waals surface area (Å²) >= 11 is 1.69. The normalized spacial score (nSPS) is 7.56. The lowest BCUT2D eigenvalue weighted by molar-refractivity contribution is -0.397. The molecule has 0 atom stereocenters. The van der Waals surface area contributed by atoms with Crippen molar-refractivity contribution in [1.29, 1.82) is 0 Å². The number of carbonyl (C=O) groups excluding carboxylic acids is 1. The van der Waals surface area contributed by atoms with Gasteiger partial charge in [0.15, 0.2) is 0 Å². The van der Waals surface area contributed by atoms with Crippen LogP contribution >= 0.6 is 25.3 Å². The molecule has 2 aromatic rings. The molecule has 0 unspecified atom stereocenters. The molecule has 1 N–H and O–H groups in total. The Kier molecular flexibility index (Phi) is 39.0. The third-order valence-corrected chi connectivity index (χ3v) is 8.25. The van der Waals surface area contributed by atoms with E-state index in [1.165, 1.54) is 12.4 Å². The fraction of sp³-hybridized carbons (Fsp3) is 0.275.